The lowest BCUT2D eigenvalue weighted by molar-refractivity contribution is -0.172. The smallest absolute Gasteiger partial charge is 0.338 e. The standard InChI is InChI=1S/C11H20O4/c1-8(2)7-15-10(13)11(14)5-3-9(12)4-6-11/h8-9,12,14H,3-7H2,1-2H3. The quantitative estimate of drug-likeness (QED) is 0.686. The zero-order chi connectivity index (χ0) is 11.5. The van der Waals surface area contributed by atoms with E-state index in [-0.39, 0.29) is 12.0 Å². The van der Waals surface area contributed by atoms with Crippen LogP contribution in [0.15, 0.2) is 0 Å². The molecule has 0 unspecified atom stereocenters. The van der Waals surface area contributed by atoms with Crippen molar-refractivity contribution in [2.24, 2.45) is 5.92 Å². The van der Waals surface area contributed by atoms with Crippen molar-refractivity contribution in [2.75, 3.05) is 6.61 Å². The summed E-state index contributed by atoms with van der Waals surface area (Å²) >= 11 is 0. The first-order valence-electron chi connectivity index (χ1n) is 5.52. The Hall–Kier alpha value is -0.610. The Kier molecular flexibility index (Phi) is 4.11. The molecule has 1 fully saturated rings. The van der Waals surface area contributed by atoms with Crippen LogP contribution in [0.25, 0.3) is 0 Å². The van der Waals surface area contributed by atoms with Crippen LogP contribution >= 0.6 is 0 Å². The van der Waals surface area contributed by atoms with Crippen LogP contribution in [0.2, 0.25) is 0 Å². The van der Waals surface area contributed by atoms with Gasteiger partial charge in [-0.05, 0) is 31.6 Å². The summed E-state index contributed by atoms with van der Waals surface area (Å²) in [6.07, 6.45) is 1.14. The maximum Gasteiger partial charge on any atom is 0.338 e. The van der Waals surface area contributed by atoms with Gasteiger partial charge in [0.1, 0.15) is 0 Å². The van der Waals surface area contributed by atoms with Crippen molar-refractivity contribution in [1.29, 1.82) is 0 Å². The fourth-order valence-electron chi connectivity index (χ4n) is 1.66. The largest absolute Gasteiger partial charge is 0.463 e. The Morgan fingerprint density at radius 2 is 2.00 bits per heavy atom. The Balaban J connectivity index is 2.43. The number of aliphatic hydroxyl groups is 2. The summed E-state index contributed by atoms with van der Waals surface area (Å²) in [6, 6.07) is 0. The van der Waals surface area contributed by atoms with Crippen LogP contribution < -0.4 is 0 Å². The van der Waals surface area contributed by atoms with Crippen LogP contribution in [0.4, 0.5) is 0 Å². The molecule has 0 spiro atoms. The third-order valence-corrected chi connectivity index (χ3v) is 2.71. The topological polar surface area (TPSA) is 66.8 Å². The number of hydrogen-bond acceptors (Lipinski definition) is 4. The van der Waals surface area contributed by atoms with E-state index in [1.54, 1.807) is 0 Å². The summed E-state index contributed by atoms with van der Waals surface area (Å²) in [5, 5.41) is 19.3. The van der Waals surface area contributed by atoms with Crippen molar-refractivity contribution >= 4 is 5.97 Å². The van der Waals surface area contributed by atoms with Gasteiger partial charge in [-0.2, -0.15) is 0 Å². The second-order valence-corrected chi connectivity index (χ2v) is 4.76. The molecule has 0 aromatic rings. The molecule has 0 radical (unpaired) electrons. The lowest BCUT2D eigenvalue weighted by atomic mass is 9.83. The van der Waals surface area contributed by atoms with Gasteiger partial charge in [0.05, 0.1) is 12.7 Å². The van der Waals surface area contributed by atoms with E-state index in [2.05, 4.69) is 0 Å². The highest BCUT2D eigenvalue weighted by Crippen LogP contribution is 2.29. The minimum Gasteiger partial charge on any atom is -0.463 e. The minimum atomic E-state index is -1.37. The highest BCUT2D eigenvalue weighted by Gasteiger charge is 2.40. The van der Waals surface area contributed by atoms with Crippen LogP contribution in [0.5, 0.6) is 0 Å². The van der Waals surface area contributed by atoms with E-state index in [9.17, 15) is 15.0 Å². The highest BCUT2D eigenvalue weighted by molar-refractivity contribution is 5.79. The van der Waals surface area contributed by atoms with Gasteiger partial charge in [-0.3, -0.25) is 0 Å². The second-order valence-electron chi connectivity index (χ2n) is 4.76. The average Bonchev–Trinajstić information content (AvgIpc) is 2.19. The fraction of sp³-hybridized carbons (Fsp3) is 0.909. The van der Waals surface area contributed by atoms with Crippen LogP contribution in [0.1, 0.15) is 39.5 Å². The molecule has 4 nitrogen and oxygen atoms in total. The SMILES string of the molecule is CC(C)COC(=O)C1(O)CCC(O)CC1. The van der Waals surface area contributed by atoms with Crippen molar-refractivity contribution < 1.29 is 19.7 Å². The lowest BCUT2D eigenvalue weighted by Gasteiger charge is -2.32. The third-order valence-electron chi connectivity index (χ3n) is 2.71. The molecule has 0 aromatic carbocycles. The molecule has 0 heterocycles. The molecule has 1 saturated carbocycles. The van der Waals surface area contributed by atoms with Crippen LogP contribution in [0.3, 0.4) is 0 Å². The molecular weight excluding hydrogens is 196 g/mol. The van der Waals surface area contributed by atoms with Gasteiger partial charge in [0.2, 0.25) is 0 Å². The molecule has 15 heavy (non-hydrogen) atoms. The monoisotopic (exact) mass is 216 g/mol. The molecule has 0 aromatic heterocycles. The number of esters is 1. The number of rotatable bonds is 3. The summed E-state index contributed by atoms with van der Waals surface area (Å²) < 4.78 is 5.01. The van der Waals surface area contributed by atoms with E-state index in [0.717, 1.165) is 0 Å². The van der Waals surface area contributed by atoms with E-state index in [1.165, 1.54) is 0 Å². The molecule has 0 atom stereocenters. The zero-order valence-corrected chi connectivity index (χ0v) is 9.40. The molecule has 1 rings (SSSR count). The minimum absolute atomic E-state index is 0.270. The summed E-state index contributed by atoms with van der Waals surface area (Å²) in [6.45, 7) is 4.23. The number of ether oxygens (including phenoxy) is 1. The number of carbonyl (C=O) groups is 1. The normalized spacial score (nSPS) is 31.7. The van der Waals surface area contributed by atoms with Gasteiger partial charge in [0.25, 0.3) is 0 Å². The van der Waals surface area contributed by atoms with Crippen molar-refractivity contribution in [3.63, 3.8) is 0 Å². The molecule has 0 saturated heterocycles. The van der Waals surface area contributed by atoms with E-state index in [4.69, 9.17) is 4.74 Å². The Morgan fingerprint density at radius 3 is 2.47 bits per heavy atom. The van der Waals surface area contributed by atoms with Crippen molar-refractivity contribution in [1.82, 2.24) is 0 Å². The molecule has 1 aliphatic rings. The van der Waals surface area contributed by atoms with E-state index >= 15 is 0 Å². The molecule has 1 aliphatic carbocycles. The Labute approximate surface area is 90.2 Å². The Morgan fingerprint density at radius 1 is 1.47 bits per heavy atom. The predicted molar refractivity (Wildman–Crippen MR) is 55.2 cm³/mol. The molecular formula is C11H20O4. The zero-order valence-electron chi connectivity index (χ0n) is 9.40. The van der Waals surface area contributed by atoms with Crippen LogP contribution in [0, 0.1) is 5.92 Å². The molecule has 88 valence electrons. The molecule has 4 heteroatoms. The highest BCUT2D eigenvalue weighted by atomic mass is 16.5. The lowest BCUT2D eigenvalue weighted by Crippen LogP contribution is -2.44. The van der Waals surface area contributed by atoms with E-state index in [0.29, 0.717) is 32.3 Å². The van der Waals surface area contributed by atoms with Crippen molar-refractivity contribution in [3.8, 4) is 0 Å². The number of hydrogen-bond donors (Lipinski definition) is 2. The van der Waals surface area contributed by atoms with E-state index < -0.39 is 11.6 Å². The van der Waals surface area contributed by atoms with Gasteiger partial charge in [-0.1, -0.05) is 13.8 Å². The molecule has 0 aliphatic heterocycles. The maximum atomic E-state index is 11.6. The van der Waals surface area contributed by atoms with Gasteiger partial charge < -0.3 is 14.9 Å². The first kappa shape index (κ1) is 12.5. The second kappa shape index (κ2) is 4.94. The van der Waals surface area contributed by atoms with Crippen LogP contribution in [-0.2, 0) is 9.53 Å². The molecule has 2 N–H and O–H groups in total. The molecule has 0 bridgehead atoms. The molecule has 0 amide bonds. The average molecular weight is 216 g/mol. The van der Waals surface area contributed by atoms with Crippen molar-refractivity contribution in [2.45, 2.75) is 51.2 Å². The van der Waals surface area contributed by atoms with Crippen LogP contribution in [-0.4, -0.2) is 34.5 Å². The van der Waals surface area contributed by atoms with Gasteiger partial charge in [0.15, 0.2) is 5.60 Å². The first-order valence-corrected chi connectivity index (χ1v) is 5.52. The predicted octanol–water partition coefficient (Wildman–Crippen LogP) is 0.852. The summed E-state index contributed by atoms with van der Waals surface area (Å²) in [7, 11) is 0. The first-order chi connectivity index (χ1) is 6.94. The van der Waals surface area contributed by atoms with Gasteiger partial charge in [0, 0.05) is 0 Å². The van der Waals surface area contributed by atoms with Gasteiger partial charge >= 0.3 is 5.97 Å². The number of carbonyl (C=O) groups excluding carboxylic acids is 1. The Bertz CT molecular complexity index is 217. The van der Waals surface area contributed by atoms with E-state index in [1.807, 2.05) is 13.8 Å². The maximum absolute atomic E-state index is 11.6. The summed E-state index contributed by atoms with van der Waals surface area (Å²) in [5.41, 5.74) is -1.37. The van der Waals surface area contributed by atoms with Crippen molar-refractivity contribution in [3.05, 3.63) is 0 Å². The summed E-state index contributed by atoms with van der Waals surface area (Å²) in [5.74, 6) is -0.269. The third kappa shape index (κ3) is 3.47. The van der Waals surface area contributed by atoms with Gasteiger partial charge in [-0.25, -0.2) is 4.79 Å². The fourth-order valence-corrected chi connectivity index (χ4v) is 1.66. The number of aliphatic hydroxyl groups excluding tert-OH is 1. The summed E-state index contributed by atoms with van der Waals surface area (Å²) in [4.78, 5) is 11.6. The van der Waals surface area contributed by atoms with Gasteiger partial charge in [-0.15, -0.1) is 0 Å².